The lowest BCUT2D eigenvalue weighted by molar-refractivity contribution is 0.654. The third-order valence-electron chi connectivity index (χ3n) is 9.09. The van der Waals surface area contributed by atoms with E-state index in [4.69, 9.17) is 5.41 Å². The van der Waals surface area contributed by atoms with Crippen LogP contribution in [0.15, 0.2) is 153 Å². The van der Waals surface area contributed by atoms with E-state index in [0.717, 1.165) is 75.8 Å². The summed E-state index contributed by atoms with van der Waals surface area (Å²) < 4.78 is 0. The van der Waals surface area contributed by atoms with Crippen LogP contribution < -0.4 is 16.0 Å². The number of anilines is 1. The van der Waals surface area contributed by atoms with Gasteiger partial charge in [0.1, 0.15) is 12.5 Å². The molecule has 1 unspecified atom stereocenters. The van der Waals surface area contributed by atoms with E-state index in [2.05, 4.69) is 143 Å². The highest BCUT2D eigenvalue weighted by Gasteiger charge is 2.23. The molecule has 2 aromatic heterocycles. The molecule has 5 N–H and O–H groups in total. The van der Waals surface area contributed by atoms with Crippen LogP contribution in [0.25, 0.3) is 49.7 Å². The highest BCUT2D eigenvalue weighted by atomic mass is 15.3. The molecule has 0 spiro atoms. The average molecular weight is 700 g/mol. The number of nitrogens with zero attached hydrogens (tertiary/aromatic N) is 3. The third-order valence-corrected chi connectivity index (χ3v) is 9.09. The number of rotatable bonds is 7. The van der Waals surface area contributed by atoms with Crippen LogP contribution in [0, 0.1) is 5.41 Å². The van der Waals surface area contributed by atoms with Crippen LogP contribution in [0.4, 0.5) is 5.69 Å². The fourth-order valence-electron chi connectivity index (χ4n) is 6.60. The van der Waals surface area contributed by atoms with Gasteiger partial charge in [-0.3, -0.25) is 5.41 Å². The van der Waals surface area contributed by atoms with Crippen molar-refractivity contribution in [1.29, 1.82) is 5.41 Å². The smallest absolute Gasteiger partial charge is 0.119 e. The summed E-state index contributed by atoms with van der Waals surface area (Å²) >= 11 is 0. The number of nitrogens with one attached hydrogen (secondary N) is 3. The van der Waals surface area contributed by atoms with Gasteiger partial charge in [-0.1, -0.05) is 99.4 Å². The van der Waals surface area contributed by atoms with Crippen LogP contribution in [0.1, 0.15) is 50.3 Å². The molecule has 0 saturated carbocycles. The molecule has 0 amide bonds. The Morgan fingerprint density at radius 2 is 1.77 bits per heavy atom. The Kier molecular flexibility index (Phi) is 12.9. The minimum absolute atomic E-state index is 0.0165. The topological polar surface area (TPSA) is 107 Å². The van der Waals surface area contributed by atoms with Gasteiger partial charge in [-0.2, -0.15) is 0 Å². The van der Waals surface area contributed by atoms with E-state index in [9.17, 15) is 0 Å². The van der Waals surface area contributed by atoms with Crippen molar-refractivity contribution in [1.82, 2.24) is 20.3 Å². The molecule has 0 radical (unpaired) electrons. The van der Waals surface area contributed by atoms with Crippen LogP contribution in [-0.4, -0.2) is 34.0 Å². The van der Waals surface area contributed by atoms with Gasteiger partial charge in [-0.15, -0.1) is 0 Å². The average Bonchev–Trinajstić information content (AvgIpc) is 3.56. The lowest BCUT2D eigenvalue weighted by Gasteiger charge is -2.34. The van der Waals surface area contributed by atoms with Gasteiger partial charge in [0.2, 0.25) is 0 Å². The molecule has 4 heterocycles. The lowest BCUT2D eigenvalue weighted by atomic mass is 9.90. The Morgan fingerprint density at radius 1 is 1.00 bits per heavy atom. The Bertz CT molecular complexity index is 2260. The third kappa shape index (κ3) is 8.89. The number of H-pyrrole nitrogens is 1. The molecule has 268 valence electrons. The minimum Gasteiger partial charge on any atom is -0.390 e. The van der Waals surface area contributed by atoms with Crippen molar-refractivity contribution < 1.29 is 0 Å². The van der Waals surface area contributed by atoms with Gasteiger partial charge in [0, 0.05) is 57.6 Å². The normalized spacial score (nSPS) is 17.0. The SMILES string of the molecule is C=C(C)c1ccc2c(c1)C(=C)/C=C(CCC)\C(c1ccc3c(c1)[nH]c1ccc(-c4cncnc4)cc13)=C/CN2C1C=CC=CN1.C=C/C=C\C.N=CN. The number of aromatic nitrogens is 3. The lowest BCUT2D eigenvalue weighted by Crippen LogP contribution is -2.43. The van der Waals surface area contributed by atoms with Crippen molar-refractivity contribution in [2.24, 2.45) is 5.73 Å². The predicted octanol–water partition coefficient (Wildman–Crippen LogP) is 10.8. The number of hydrogen-bond donors (Lipinski definition) is 4. The molecule has 0 saturated heterocycles. The van der Waals surface area contributed by atoms with Crippen LogP contribution in [0.2, 0.25) is 0 Å². The number of dihydropyridines is 1. The second-order valence-corrected chi connectivity index (χ2v) is 12.8. The number of aromatic amines is 1. The van der Waals surface area contributed by atoms with E-state index in [0.29, 0.717) is 0 Å². The molecule has 2 aliphatic rings. The Balaban J connectivity index is 0.000000617. The maximum absolute atomic E-state index is 5.86. The zero-order chi connectivity index (χ0) is 37.7. The summed E-state index contributed by atoms with van der Waals surface area (Å²) in [5, 5.41) is 11.8. The van der Waals surface area contributed by atoms with Crippen LogP contribution in [0.5, 0.6) is 0 Å². The molecule has 7 nitrogen and oxygen atoms in total. The number of allylic oxidation sites excluding steroid dienone is 10. The summed E-state index contributed by atoms with van der Waals surface area (Å²) in [5.74, 6) is 0. The van der Waals surface area contributed by atoms with Crippen LogP contribution in [-0.2, 0) is 0 Å². The van der Waals surface area contributed by atoms with Gasteiger partial charge < -0.3 is 20.9 Å². The van der Waals surface area contributed by atoms with Gasteiger partial charge in [0.05, 0.1) is 6.34 Å². The van der Waals surface area contributed by atoms with Crippen LogP contribution in [0.3, 0.4) is 0 Å². The zero-order valence-electron chi connectivity index (χ0n) is 30.9. The molecule has 2 aliphatic heterocycles. The number of hydrogen-bond acceptors (Lipinski definition) is 5. The van der Waals surface area contributed by atoms with Gasteiger partial charge in [0.25, 0.3) is 0 Å². The molecular weight excluding hydrogens is 651 g/mol. The Labute approximate surface area is 313 Å². The Morgan fingerprint density at radius 3 is 2.43 bits per heavy atom. The summed E-state index contributed by atoms with van der Waals surface area (Å²) in [4.78, 5) is 14.5. The van der Waals surface area contributed by atoms with E-state index in [1.807, 2.05) is 43.7 Å². The largest absolute Gasteiger partial charge is 0.390 e. The van der Waals surface area contributed by atoms with Gasteiger partial charge in [0.15, 0.2) is 0 Å². The van der Waals surface area contributed by atoms with Gasteiger partial charge in [-0.05, 0) is 102 Å². The molecule has 0 fully saturated rings. The first-order valence-electron chi connectivity index (χ1n) is 17.8. The molecule has 1 atom stereocenters. The maximum atomic E-state index is 5.86. The summed E-state index contributed by atoms with van der Waals surface area (Å²) in [7, 11) is 0. The highest BCUT2D eigenvalue weighted by Crippen LogP contribution is 2.38. The molecule has 3 aromatic carbocycles. The first-order chi connectivity index (χ1) is 25.8. The van der Waals surface area contributed by atoms with Crippen molar-refractivity contribution in [2.75, 3.05) is 11.4 Å². The number of benzene rings is 3. The summed E-state index contributed by atoms with van der Waals surface area (Å²) in [6, 6.07) is 20.0. The molecule has 5 aromatic rings. The molecule has 0 bridgehead atoms. The van der Waals surface area contributed by atoms with E-state index in [-0.39, 0.29) is 6.17 Å². The molecule has 53 heavy (non-hydrogen) atoms. The second-order valence-electron chi connectivity index (χ2n) is 12.8. The Hall–Kier alpha value is -6.47. The predicted molar refractivity (Wildman–Crippen MR) is 229 cm³/mol. The quantitative estimate of drug-likeness (QED) is 0.0768. The first-order valence-corrected chi connectivity index (χ1v) is 17.8. The fraction of sp³-hybridized carbons (Fsp3) is 0.152. The fourth-order valence-corrected chi connectivity index (χ4v) is 6.60. The highest BCUT2D eigenvalue weighted by molar-refractivity contribution is 6.09. The minimum atomic E-state index is 0.0165. The molecular formula is C46H49N7. The summed E-state index contributed by atoms with van der Waals surface area (Å²) in [6.45, 7) is 19.3. The van der Waals surface area contributed by atoms with Crippen LogP contribution >= 0.6 is 0 Å². The second kappa shape index (κ2) is 18.1. The van der Waals surface area contributed by atoms with Gasteiger partial charge >= 0.3 is 0 Å². The zero-order valence-corrected chi connectivity index (χ0v) is 30.9. The van der Waals surface area contributed by atoms with Crippen molar-refractivity contribution >= 4 is 50.6 Å². The van der Waals surface area contributed by atoms with Crippen molar-refractivity contribution in [3.63, 3.8) is 0 Å². The van der Waals surface area contributed by atoms with Crippen molar-refractivity contribution in [3.05, 3.63) is 170 Å². The van der Waals surface area contributed by atoms with Crippen molar-refractivity contribution in [3.8, 4) is 11.1 Å². The maximum Gasteiger partial charge on any atom is 0.119 e. The summed E-state index contributed by atoms with van der Waals surface area (Å²) in [5.41, 5.74) is 17.9. The standard InChI is InChI=1S/C40H37N5.C5H8.CH4N2/c1-5-8-30-19-27(4)35-20-28(26(2)3)12-15-39(35)45(40-9-6-7-17-43-40)18-16-33(30)31-10-13-34-36-21-29(32-23-41-25-42-24-32)11-14-37(36)44-38(34)22-31;1-3-5-4-2;2-1-3/h6-7,9-17,19-25,40,43-44H,2,4-5,8,18H2,1,3H3;3-5H,1H2,2H3;1H,(H3,2,3)/b30-19-,33-16+;5-4-;. The monoisotopic (exact) mass is 699 g/mol. The van der Waals surface area contributed by atoms with Gasteiger partial charge in [-0.25, -0.2) is 9.97 Å². The first kappa shape index (κ1) is 37.8. The summed E-state index contributed by atoms with van der Waals surface area (Å²) in [6.07, 6.45) is 26.7. The number of fused-ring (bicyclic) bond motifs is 4. The van der Waals surface area contributed by atoms with E-state index >= 15 is 0 Å². The van der Waals surface area contributed by atoms with Crippen molar-refractivity contribution in [2.45, 2.75) is 39.8 Å². The van der Waals surface area contributed by atoms with E-state index < -0.39 is 0 Å². The molecule has 7 rings (SSSR count). The number of nitrogens with two attached hydrogens (primary N) is 1. The van der Waals surface area contributed by atoms with E-state index in [1.54, 1.807) is 12.4 Å². The molecule has 0 aliphatic carbocycles. The molecule has 7 heteroatoms. The van der Waals surface area contributed by atoms with E-state index in [1.165, 1.54) is 27.5 Å².